The molecule has 0 aliphatic carbocycles. The summed E-state index contributed by atoms with van der Waals surface area (Å²) in [6.45, 7) is 5.76. The van der Waals surface area contributed by atoms with Crippen LogP contribution in [0.15, 0.2) is 12.4 Å². The van der Waals surface area contributed by atoms with Crippen molar-refractivity contribution < 1.29 is 20.1 Å². The van der Waals surface area contributed by atoms with Crippen LogP contribution in [0.5, 0.6) is 0 Å². The Kier molecular flexibility index (Phi) is 3.35. The smallest absolute Gasteiger partial charge is 0.335 e. The van der Waals surface area contributed by atoms with E-state index in [0.29, 0.717) is 0 Å². The molecule has 0 aromatic carbocycles. The fraction of sp³-hybridized carbons (Fsp3) is 0.600. The SMILES string of the molecule is CC(C)(C)n1cc(C(O)C(O)C(=O)O)cn1. The second-order valence-corrected chi connectivity index (χ2v) is 4.62. The maximum absolute atomic E-state index is 10.5. The van der Waals surface area contributed by atoms with Gasteiger partial charge in [0.15, 0.2) is 6.10 Å². The Morgan fingerprint density at radius 1 is 1.44 bits per heavy atom. The average molecular weight is 228 g/mol. The highest BCUT2D eigenvalue weighted by Crippen LogP contribution is 2.20. The highest BCUT2D eigenvalue weighted by atomic mass is 16.4. The van der Waals surface area contributed by atoms with Crippen LogP contribution in [0, 0.1) is 0 Å². The molecular formula is C10H16N2O4. The average Bonchev–Trinajstić information content (AvgIpc) is 2.63. The minimum Gasteiger partial charge on any atom is -0.479 e. The Hall–Kier alpha value is -1.40. The molecule has 0 aliphatic heterocycles. The Bertz CT molecular complexity index is 380. The first kappa shape index (κ1) is 12.7. The lowest BCUT2D eigenvalue weighted by atomic mass is 10.1. The van der Waals surface area contributed by atoms with Crippen molar-refractivity contribution in [3.8, 4) is 0 Å². The van der Waals surface area contributed by atoms with Crippen LogP contribution in [0.4, 0.5) is 0 Å². The molecule has 1 rings (SSSR count). The normalized spacial score (nSPS) is 15.8. The third-order valence-corrected chi connectivity index (χ3v) is 2.18. The zero-order chi connectivity index (χ0) is 12.5. The van der Waals surface area contributed by atoms with Crippen LogP contribution in [0.1, 0.15) is 32.4 Å². The predicted octanol–water partition coefficient (Wildman–Crippen LogP) is 0.117. The van der Waals surface area contributed by atoms with E-state index >= 15 is 0 Å². The molecule has 2 atom stereocenters. The number of nitrogens with zero attached hydrogens (tertiary/aromatic N) is 2. The second-order valence-electron chi connectivity index (χ2n) is 4.62. The Labute approximate surface area is 93.1 Å². The number of aromatic nitrogens is 2. The van der Waals surface area contributed by atoms with Crippen LogP contribution >= 0.6 is 0 Å². The van der Waals surface area contributed by atoms with Crippen molar-refractivity contribution in [3.05, 3.63) is 18.0 Å². The third-order valence-electron chi connectivity index (χ3n) is 2.18. The van der Waals surface area contributed by atoms with E-state index in [4.69, 9.17) is 5.11 Å². The van der Waals surface area contributed by atoms with Crippen molar-refractivity contribution in [1.82, 2.24) is 9.78 Å². The zero-order valence-electron chi connectivity index (χ0n) is 9.45. The number of aliphatic hydroxyl groups is 2. The second kappa shape index (κ2) is 4.23. The summed E-state index contributed by atoms with van der Waals surface area (Å²) in [5, 5.41) is 31.3. The molecule has 0 bridgehead atoms. The number of carboxylic acid groups (broad SMARTS) is 1. The first-order valence-corrected chi connectivity index (χ1v) is 4.87. The van der Waals surface area contributed by atoms with Gasteiger partial charge in [0.05, 0.1) is 11.7 Å². The highest BCUT2D eigenvalue weighted by molar-refractivity contribution is 5.73. The van der Waals surface area contributed by atoms with E-state index in [1.54, 1.807) is 4.68 Å². The first-order valence-electron chi connectivity index (χ1n) is 4.87. The van der Waals surface area contributed by atoms with E-state index < -0.39 is 18.2 Å². The molecule has 3 N–H and O–H groups in total. The number of aliphatic carboxylic acids is 1. The molecule has 6 heteroatoms. The quantitative estimate of drug-likeness (QED) is 0.682. The fourth-order valence-electron chi connectivity index (χ4n) is 1.17. The van der Waals surface area contributed by atoms with Gasteiger partial charge in [-0.25, -0.2) is 4.79 Å². The van der Waals surface area contributed by atoms with Gasteiger partial charge < -0.3 is 15.3 Å². The lowest BCUT2D eigenvalue weighted by Crippen LogP contribution is -2.27. The number of rotatable bonds is 3. The minimum atomic E-state index is -1.84. The topological polar surface area (TPSA) is 95.6 Å². The monoisotopic (exact) mass is 228 g/mol. The van der Waals surface area contributed by atoms with Crippen molar-refractivity contribution in [2.75, 3.05) is 0 Å². The van der Waals surface area contributed by atoms with Crippen molar-refractivity contribution in [2.24, 2.45) is 0 Å². The van der Waals surface area contributed by atoms with Crippen LogP contribution in [-0.4, -0.2) is 37.2 Å². The van der Waals surface area contributed by atoms with Gasteiger partial charge in [-0.2, -0.15) is 5.10 Å². The molecule has 2 unspecified atom stereocenters. The van der Waals surface area contributed by atoms with Gasteiger partial charge in [0.25, 0.3) is 0 Å². The van der Waals surface area contributed by atoms with Crippen LogP contribution in [0.2, 0.25) is 0 Å². The van der Waals surface area contributed by atoms with Crippen molar-refractivity contribution in [2.45, 2.75) is 38.5 Å². The van der Waals surface area contributed by atoms with E-state index in [9.17, 15) is 15.0 Å². The van der Waals surface area contributed by atoms with Gasteiger partial charge in [-0.15, -0.1) is 0 Å². The molecule has 0 aliphatic rings. The van der Waals surface area contributed by atoms with Gasteiger partial charge in [0.2, 0.25) is 0 Å². The van der Waals surface area contributed by atoms with Gasteiger partial charge in [0.1, 0.15) is 6.10 Å². The summed E-state index contributed by atoms with van der Waals surface area (Å²) in [6, 6.07) is 0. The summed E-state index contributed by atoms with van der Waals surface area (Å²) in [7, 11) is 0. The molecule has 0 fully saturated rings. The highest BCUT2D eigenvalue weighted by Gasteiger charge is 2.27. The molecular weight excluding hydrogens is 212 g/mol. The molecule has 90 valence electrons. The van der Waals surface area contributed by atoms with Gasteiger partial charge >= 0.3 is 5.97 Å². The summed E-state index contributed by atoms with van der Waals surface area (Å²) < 4.78 is 1.60. The van der Waals surface area contributed by atoms with E-state index in [0.717, 1.165) is 0 Å². The number of carboxylic acids is 1. The van der Waals surface area contributed by atoms with E-state index in [2.05, 4.69) is 5.10 Å². The summed E-state index contributed by atoms with van der Waals surface area (Å²) in [4.78, 5) is 10.5. The molecule has 1 aromatic heterocycles. The van der Waals surface area contributed by atoms with Gasteiger partial charge in [0, 0.05) is 11.8 Å². The van der Waals surface area contributed by atoms with Gasteiger partial charge in [-0.3, -0.25) is 4.68 Å². The molecule has 0 spiro atoms. The number of carbonyl (C=O) groups is 1. The van der Waals surface area contributed by atoms with Crippen molar-refractivity contribution in [1.29, 1.82) is 0 Å². The number of aliphatic hydroxyl groups excluding tert-OH is 2. The number of hydrogen-bond acceptors (Lipinski definition) is 4. The molecule has 1 aromatic rings. The Morgan fingerprint density at radius 2 is 2.00 bits per heavy atom. The summed E-state index contributed by atoms with van der Waals surface area (Å²) in [6.07, 6.45) is -0.426. The zero-order valence-corrected chi connectivity index (χ0v) is 9.45. The lowest BCUT2D eigenvalue weighted by Gasteiger charge is -2.19. The van der Waals surface area contributed by atoms with E-state index in [1.807, 2.05) is 20.8 Å². The predicted molar refractivity (Wildman–Crippen MR) is 55.8 cm³/mol. The molecule has 1 heterocycles. The molecule has 0 saturated heterocycles. The molecule has 6 nitrogen and oxygen atoms in total. The summed E-state index contributed by atoms with van der Waals surface area (Å²) in [5.41, 5.74) is 0.0245. The van der Waals surface area contributed by atoms with Crippen LogP contribution < -0.4 is 0 Å². The standard InChI is InChI=1S/C10H16N2O4/c1-10(2,3)12-5-6(4-11-12)7(13)8(14)9(15)16/h4-5,7-8,13-14H,1-3H3,(H,15,16). The van der Waals surface area contributed by atoms with Crippen LogP contribution in [0.25, 0.3) is 0 Å². The van der Waals surface area contributed by atoms with Crippen molar-refractivity contribution in [3.63, 3.8) is 0 Å². The summed E-state index contributed by atoms with van der Waals surface area (Å²) in [5.74, 6) is -1.46. The number of hydrogen-bond donors (Lipinski definition) is 3. The molecule has 16 heavy (non-hydrogen) atoms. The largest absolute Gasteiger partial charge is 0.479 e. The van der Waals surface area contributed by atoms with Crippen LogP contribution in [-0.2, 0) is 10.3 Å². The molecule has 0 radical (unpaired) electrons. The Balaban J connectivity index is 2.90. The third kappa shape index (κ3) is 2.59. The van der Waals surface area contributed by atoms with E-state index in [1.165, 1.54) is 12.4 Å². The van der Waals surface area contributed by atoms with Crippen LogP contribution in [0.3, 0.4) is 0 Å². The molecule has 0 saturated carbocycles. The molecule has 0 amide bonds. The lowest BCUT2D eigenvalue weighted by molar-refractivity contribution is -0.153. The fourth-order valence-corrected chi connectivity index (χ4v) is 1.17. The van der Waals surface area contributed by atoms with Gasteiger partial charge in [-0.1, -0.05) is 0 Å². The maximum Gasteiger partial charge on any atom is 0.335 e. The van der Waals surface area contributed by atoms with Crippen molar-refractivity contribution >= 4 is 5.97 Å². The van der Waals surface area contributed by atoms with E-state index in [-0.39, 0.29) is 11.1 Å². The Morgan fingerprint density at radius 3 is 2.38 bits per heavy atom. The maximum atomic E-state index is 10.5. The first-order chi connectivity index (χ1) is 7.23. The van der Waals surface area contributed by atoms with Gasteiger partial charge in [-0.05, 0) is 20.8 Å². The summed E-state index contributed by atoms with van der Waals surface area (Å²) >= 11 is 0. The minimum absolute atomic E-state index is 0.258.